The van der Waals surface area contributed by atoms with Crippen molar-refractivity contribution in [3.05, 3.63) is 58.7 Å². The lowest BCUT2D eigenvalue weighted by atomic mass is 9.85. The van der Waals surface area contributed by atoms with E-state index >= 15 is 0 Å². The van der Waals surface area contributed by atoms with Crippen LogP contribution in [-0.4, -0.2) is 11.3 Å². The van der Waals surface area contributed by atoms with Crippen LogP contribution in [0.15, 0.2) is 29.3 Å². The first kappa shape index (κ1) is 17.0. The van der Waals surface area contributed by atoms with Gasteiger partial charge in [-0.2, -0.15) is 0 Å². The number of hydrogen-bond donors (Lipinski definition) is 1. The van der Waals surface area contributed by atoms with Gasteiger partial charge in [-0.05, 0) is 17.0 Å². The molecule has 0 radical (unpaired) electrons. The fourth-order valence-electron chi connectivity index (χ4n) is 2.08. The van der Waals surface area contributed by atoms with Crippen molar-refractivity contribution in [2.24, 2.45) is 4.99 Å². The molecule has 0 spiro atoms. The molecule has 23 heavy (non-hydrogen) atoms. The molecule has 0 amide bonds. The van der Waals surface area contributed by atoms with Crippen molar-refractivity contribution < 1.29 is 22.7 Å². The van der Waals surface area contributed by atoms with Crippen molar-refractivity contribution in [3.63, 3.8) is 0 Å². The van der Waals surface area contributed by atoms with Crippen LogP contribution in [0.4, 0.5) is 23.2 Å². The Hall–Kier alpha value is -2.37. The van der Waals surface area contributed by atoms with Crippen LogP contribution in [0, 0.1) is 23.3 Å². The van der Waals surface area contributed by atoms with Crippen LogP contribution in [0.2, 0.25) is 0 Å². The first-order chi connectivity index (χ1) is 10.6. The summed E-state index contributed by atoms with van der Waals surface area (Å²) in [5.41, 5.74) is -0.660. The maximum absolute atomic E-state index is 13.6. The zero-order valence-corrected chi connectivity index (χ0v) is 12.8. The van der Waals surface area contributed by atoms with Crippen molar-refractivity contribution in [2.75, 3.05) is 0 Å². The number of aliphatic imine (C=N–C) groups is 1. The maximum atomic E-state index is 13.6. The summed E-state index contributed by atoms with van der Waals surface area (Å²) in [6, 6.07) is 4.93. The van der Waals surface area contributed by atoms with Gasteiger partial charge in [-0.15, -0.1) is 0 Å². The first-order valence-corrected chi connectivity index (χ1v) is 6.82. The average Bonchev–Trinajstić information content (AvgIpc) is 2.45. The van der Waals surface area contributed by atoms with E-state index in [9.17, 15) is 22.7 Å². The summed E-state index contributed by atoms with van der Waals surface area (Å²) in [6.07, 6.45) is 0.963. The predicted molar refractivity (Wildman–Crippen MR) is 80.3 cm³/mol. The monoisotopic (exact) mass is 325 g/mol. The highest BCUT2D eigenvalue weighted by molar-refractivity contribution is 5.86. The van der Waals surface area contributed by atoms with E-state index in [-0.39, 0.29) is 22.8 Å². The number of hydrogen-bond acceptors (Lipinski definition) is 2. The van der Waals surface area contributed by atoms with Crippen LogP contribution in [0.25, 0.3) is 0 Å². The van der Waals surface area contributed by atoms with Crippen molar-refractivity contribution >= 4 is 11.9 Å². The Kier molecular flexibility index (Phi) is 4.45. The van der Waals surface area contributed by atoms with E-state index in [4.69, 9.17) is 0 Å². The molecule has 0 saturated carbocycles. The van der Waals surface area contributed by atoms with Gasteiger partial charge in [0, 0.05) is 17.8 Å². The molecular formula is C17H15F4NO. The van der Waals surface area contributed by atoms with Gasteiger partial charge in [0.05, 0.1) is 0 Å². The van der Waals surface area contributed by atoms with Crippen molar-refractivity contribution in [1.82, 2.24) is 0 Å². The molecule has 0 aliphatic rings. The van der Waals surface area contributed by atoms with E-state index in [1.807, 2.05) is 20.8 Å². The van der Waals surface area contributed by atoms with Gasteiger partial charge < -0.3 is 5.11 Å². The lowest BCUT2D eigenvalue weighted by Crippen LogP contribution is -2.11. The molecular weight excluding hydrogens is 310 g/mol. The number of phenolic OH excluding ortho intramolecular Hbond substituents is 1. The van der Waals surface area contributed by atoms with Crippen LogP contribution in [0.5, 0.6) is 5.75 Å². The van der Waals surface area contributed by atoms with E-state index in [0.717, 1.165) is 6.21 Å². The van der Waals surface area contributed by atoms with Crippen LogP contribution < -0.4 is 0 Å². The van der Waals surface area contributed by atoms with E-state index in [0.29, 0.717) is 5.56 Å². The molecule has 0 aliphatic heterocycles. The van der Waals surface area contributed by atoms with Gasteiger partial charge in [0.1, 0.15) is 11.4 Å². The van der Waals surface area contributed by atoms with Crippen LogP contribution in [0.1, 0.15) is 31.9 Å². The molecule has 0 unspecified atom stereocenters. The minimum absolute atomic E-state index is 0.110. The molecule has 122 valence electrons. The molecule has 0 fully saturated rings. The summed E-state index contributed by atoms with van der Waals surface area (Å²) in [5.74, 6) is -6.37. The molecule has 0 atom stereocenters. The van der Waals surface area contributed by atoms with Crippen molar-refractivity contribution in [2.45, 2.75) is 26.2 Å². The number of aromatic hydroxyl groups is 1. The van der Waals surface area contributed by atoms with Gasteiger partial charge in [-0.1, -0.05) is 32.9 Å². The van der Waals surface area contributed by atoms with E-state index in [2.05, 4.69) is 4.99 Å². The number of rotatable bonds is 2. The van der Waals surface area contributed by atoms with Crippen LogP contribution in [0.3, 0.4) is 0 Å². The van der Waals surface area contributed by atoms with E-state index in [1.54, 1.807) is 12.1 Å². The molecule has 2 nitrogen and oxygen atoms in total. The second kappa shape index (κ2) is 6.02. The molecule has 0 aliphatic carbocycles. The summed E-state index contributed by atoms with van der Waals surface area (Å²) >= 11 is 0. The summed E-state index contributed by atoms with van der Waals surface area (Å²) in [4.78, 5) is 3.47. The van der Waals surface area contributed by atoms with Gasteiger partial charge in [0.15, 0.2) is 23.3 Å². The molecule has 2 aromatic rings. The first-order valence-electron chi connectivity index (χ1n) is 6.82. The molecule has 6 heteroatoms. The standard InChI is InChI=1S/C17H15F4NO/c1-17(2,3)10-6-4-5-9(16(10)23)8-22-15-13(20)11(18)7-12(19)14(15)21/h4-8,23H,1-3H3. The third kappa shape index (κ3) is 3.36. The molecule has 0 saturated heterocycles. The molecule has 0 heterocycles. The molecule has 2 rings (SSSR count). The Labute approximate surface area is 131 Å². The lowest BCUT2D eigenvalue weighted by molar-refractivity contribution is 0.446. The Bertz CT molecular complexity index is 753. The second-order valence-corrected chi connectivity index (χ2v) is 6.07. The fourth-order valence-corrected chi connectivity index (χ4v) is 2.08. The average molecular weight is 325 g/mol. The minimum Gasteiger partial charge on any atom is -0.507 e. The third-order valence-corrected chi connectivity index (χ3v) is 3.30. The number of nitrogens with zero attached hydrogens (tertiary/aromatic N) is 1. The third-order valence-electron chi connectivity index (χ3n) is 3.30. The highest BCUT2D eigenvalue weighted by Crippen LogP contribution is 2.33. The Morgan fingerprint density at radius 1 is 1.00 bits per heavy atom. The second-order valence-electron chi connectivity index (χ2n) is 6.07. The van der Waals surface area contributed by atoms with Crippen LogP contribution >= 0.6 is 0 Å². The van der Waals surface area contributed by atoms with Gasteiger partial charge in [0.2, 0.25) is 0 Å². The number of benzene rings is 2. The summed E-state index contributed by atoms with van der Waals surface area (Å²) in [5, 5.41) is 10.2. The zero-order chi connectivity index (χ0) is 17.4. The Morgan fingerprint density at radius 2 is 1.57 bits per heavy atom. The maximum Gasteiger partial charge on any atom is 0.187 e. The van der Waals surface area contributed by atoms with E-state index < -0.39 is 29.0 Å². The fraction of sp³-hybridized carbons (Fsp3) is 0.235. The number of halogens is 4. The summed E-state index contributed by atoms with van der Waals surface area (Å²) in [6.45, 7) is 5.64. The van der Waals surface area contributed by atoms with Crippen molar-refractivity contribution in [1.29, 1.82) is 0 Å². The predicted octanol–water partition coefficient (Wildman–Crippen LogP) is 5.00. The quantitative estimate of drug-likeness (QED) is 0.470. The van der Waals surface area contributed by atoms with Crippen LogP contribution in [-0.2, 0) is 5.41 Å². The number of phenols is 1. The van der Waals surface area contributed by atoms with Gasteiger partial charge in [0.25, 0.3) is 0 Å². The lowest BCUT2D eigenvalue weighted by Gasteiger charge is -2.21. The smallest absolute Gasteiger partial charge is 0.187 e. The van der Waals surface area contributed by atoms with E-state index in [1.165, 1.54) is 6.07 Å². The molecule has 0 aromatic heterocycles. The minimum atomic E-state index is -1.59. The molecule has 2 aromatic carbocycles. The highest BCUT2D eigenvalue weighted by Gasteiger charge is 2.20. The topological polar surface area (TPSA) is 32.6 Å². The summed E-state index contributed by atoms with van der Waals surface area (Å²) in [7, 11) is 0. The summed E-state index contributed by atoms with van der Waals surface area (Å²) < 4.78 is 53.4. The highest BCUT2D eigenvalue weighted by atomic mass is 19.2. The normalized spacial score (nSPS) is 12.1. The molecule has 1 N–H and O–H groups in total. The van der Waals surface area contributed by atoms with Gasteiger partial charge >= 0.3 is 0 Å². The van der Waals surface area contributed by atoms with Gasteiger partial charge in [-0.3, -0.25) is 0 Å². The Balaban J connectivity index is 2.51. The number of para-hydroxylation sites is 1. The SMILES string of the molecule is CC(C)(C)c1cccc(C=Nc2c(F)c(F)cc(F)c2F)c1O. The van der Waals surface area contributed by atoms with Crippen molar-refractivity contribution in [3.8, 4) is 5.75 Å². The Morgan fingerprint density at radius 3 is 2.09 bits per heavy atom. The zero-order valence-electron chi connectivity index (χ0n) is 12.8. The van der Waals surface area contributed by atoms with Gasteiger partial charge in [-0.25, -0.2) is 22.6 Å². The molecule has 0 bridgehead atoms. The largest absolute Gasteiger partial charge is 0.507 e.